The number of hydrogen-bond donors (Lipinski definition) is 9. The highest BCUT2D eigenvalue weighted by molar-refractivity contribution is 8.54. The summed E-state index contributed by atoms with van der Waals surface area (Å²) in [5, 5.41) is 35.1. The number of fused-ring (bicyclic) bond motifs is 4. The summed E-state index contributed by atoms with van der Waals surface area (Å²) in [4.78, 5) is 83.0. The third-order valence-corrected chi connectivity index (χ3v) is 18.1. The molecule has 4 aliphatic rings. The number of phosphoric ester groups is 1. The molecule has 0 bridgehead atoms. The Labute approximate surface area is 448 Å². The van der Waals surface area contributed by atoms with Crippen LogP contribution in [0.3, 0.4) is 0 Å². The quantitative estimate of drug-likeness (QED) is 0.0295. The van der Waals surface area contributed by atoms with E-state index >= 15 is 0 Å². The number of imidazole rings is 3. The van der Waals surface area contributed by atoms with Crippen molar-refractivity contribution in [2.45, 2.75) is 107 Å². The van der Waals surface area contributed by atoms with Crippen LogP contribution in [0, 0.1) is 5.41 Å². The molecular formula is C39H52N15O19P3S2. The molecule has 12 N–H and O–H groups in total. The van der Waals surface area contributed by atoms with Gasteiger partial charge in [0.25, 0.3) is 0 Å². The van der Waals surface area contributed by atoms with E-state index < -0.39 is 132 Å². The Kier molecular flexibility index (Phi) is 15.8. The largest absolute Gasteiger partial charge is 0.472 e. The molecule has 0 saturated carbocycles. The van der Waals surface area contributed by atoms with Crippen LogP contribution in [0.25, 0.3) is 33.5 Å². The number of nitrogens with zero attached hydrogens (tertiary/aromatic N) is 12. The highest BCUT2D eigenvalue weighted by atomic mass is 32.7. The first kappa shape index (κ1) is 56.6. The molecule has 9 unspecified atom stereocenters. The van der Waals surface area contributed by atoms with E-state index in [1.807, 2.05) is 0 Å². The third kappa shape index (κ3) is 11.2. The summed E-state index contributed by atoms with van der Waals surface area (Å²) >= 11 is 5.71. The van der Waals surface area contributed by atoms with Gasteiger partial charge in [0.2, 0.25) is 0 Å². The van der Waals surface area contributed by atoms with E-state index in [1.165, 1.54) is 39.0 Å². The number of aliphatic hydroxyl groups is 3. The standard InChI is InChI=1S/C39H52N15O19P3S2/c1-38(2,3)37(58)65-16-78-75(61,62)66-7-17-23(56)26(36(69-17)54-15-51-21-30(42)45-12-48-33(21)54)73-76(63,77)67-8-18-22(55)25(35(70-18)53-14-50-20-29(41)44-11-47-32(20)53)72-74(59,60)68-9-39-5-4-6-64-27(39)24(57)34(71-39)52-13-49-19-28(40)43-10-46-31(19)52/h10-15,17-18,22-27,34-36,55-57H,4-9,16H2,1-3H3,(H,59,60)(H,61,62)(H,63,77)(H2,40,43,46)(H2,41,44,47)(H2,42,45,48)/t17-,18-,22?,23?,24?,25?,26?,27?,34-,35-,36-,39-,76?/m1/s1. The summed E-state index contributed by atoms with van der Waals surface area (Å²) in [5.41, 5.74) is 16.4. The van der Waals surface area contributed by atoms with Crippen molar-refractivity contribution in [1.29, 1.82) is 0 Å². The number of aliphatic hydroxyl groups excluding tert-OH is 3. The molecule has 6 aromatic rings. The number of carbonyl (C=O) groups is 1. The van der Waals surface area contributed by atoms with Crippen molar-refractivity contribution < 1.29 is 90.2 Å². The zero-order valence-corrected chi connectivity index (χ0v) is 45.3. The molecule has 0 aromatic carbocycles. The fourth-order valence-corrected chi connectivity index (χ4v) is 13.2. The van der Waals surface area contributed by atoms with Crippen LogP contribution in [0.2, 0.25) is 0 Å². The van der Waals surface area contributed by atoms with Gasteiger partial charge in [-0.25, -0.2) is 54.0 Å². The number of ether oxygens (including phenoxy) is 5. The van der Waals surface area contributed by atoms with Crippen LogP contribution in [0.15, 0.2) is 38.0 Å². The fourth-order valence-electron chi connectivity index (χ4n) is 9.13. The molecule has 4 fully saturated rings. The summed E-state index contributed by atoms with van der Waals surface area (Å²) in [7, 11) is -5.31. The maximum absolute atomic E-state index is 14.1. The molecule has 0 radical (unpaired) electrons. The number of nitrogen functional groups attached to an aromatic ring is 3. The molecule has 10 rings (SSSR count). The maximum atomic E-state index is 14.1. The first-order valence-electron chi connectivity index (χ1n) is 23.4. The Morgan fingerprint density at radius 3 is 1.73 bits per heavy atom. The minimum Gasteiger partial charge on any atom is -0.454 e. The number of rotatable bonds is 19. The monoisotopic (exact) mass is 1190 g/mol. The summed E-state index contributed by atoms with van der Waals surface area (Å²) in [6.45, 7) is -6.43. The predicted molar refractivity (Wildman–Crippen MR) is 269 cm³/mol. The molecule has 0 aliphatic carbocycles. The van der Waals surface area contributed by atoms with Gasteiger partial charge in [0.05, 0.1) is 44.2 Å². The second-order valence-electron chi connectivity index (χ2n) is 19.2. The van der Waals surface area contributed by atoms with E-state index in [1.54, 1.807) is 20.8 Å². The SMILES string of the molecule is CC(C)(C)C(=O)OCSP(=O)(O)OC[C@H]1O[C@@H](n2cnc3c(N)ncnc32)C(OP(O)(=S)OC[C@H]2O[C@@H](n3cnc4c(N)ncnc43)C(OP(=O)(O)OC[C@]34CCCOC3C(O)[C@H](n3cnc5c(N)ncnc53)O4)C2O)C1O. The molecule has 0 amide bonds. The molecule has 78 heavy (non-hydrogen) atoms. The van der Waals surface area contributed by atoms with Gasteiger partial charge in [0.15, 0.2) is 53.1 Å². The number of phosphoric acid groups is 1. The molecule has 34 nitrogen and oxygen atoms in total. The summed E-state index contributed by atoms with van der Waals surface area (Å²) < 4.78 is 89.0. The van der Waals surface area contributed by atoms with E-state index in [0.29, 0.717) is 17.8 Å². The van der Waals surface area contributed by atoms with Crippen molar-refractivity contribution in [3.63, 3.8) is 0 Å². The van der Waals surface area contributed by atoms with E-state index in [2.05, 4.69) is 44.9 Å². The van der Waals surface area contributed by atoms with E-state index in [0.717, 1.165) is 12.7 Å². The van der Waals surface area contributed by atoms with Gasteiger partial charge in [-0.3, -0.25) is 36.6 Å². The smallest absolute Gasteiger partial charge is 0.454 e. The minimum absolute atomic E-state index is 0.0265. The molecule has 10 heterocycles. The van der Waals surface area contributed by atoms with Crippen LogP contribution >= 0.6 is 32.7 Å². The van der Waals surface area contributed by atoms with Crippen molar-refractivity contribution in [3.05, 3.63) is 38.0 Å². The second kappa shape index (κ2) is 21.7. The van der Waals surface area contributed by atoms with Crippen molar-refractivity contribution in [1.82, 2.24) is 58.6 Å². The zero-order valence-electron chi connectivity index (χ0n) is 41.0. The lowest BCUT2D eigenvalue weighted by Crippen LogP contribution is -2.51. The van der Waals surface area contributed by atoms with Crippen LogP contribution in [0.1, 0.15) is 52.3 Å². The number of hydrogen-bond acceptors (Lipinski definition) is 30. The Morgan fingerprint density at radius 1 is 0.731 bits per heavy atom. The van der Waals surface area contributed by atoms with Gasteiger partial charge < -0.3 is 75.4 Å². The Bertz CT molecular complexity index is 3360. The van der Waals surface area contributed by atoms with E-state index in [9.17, 15) is 43.9 Å². The Hall–Kier alpha value is -4.62. The van der Waals surface area contributed by atoms with Crippen LogP contribution in [-0.2, 0) is 72.0 Å². The Morgan fingerprint density at radius 2 is 1.22 bits per heavy atom. The van der Waals surface area contributed by atoms with Gasteiger partial charge in [0, 0.05) is 18.0 Å². The average Bonchev–Trinajstić information content (AvgIpc) is 4.45. The number of anilines is 3. The molecule has 424 valence electrons. The van der Waals surface area contributed by atoms with Gasteiger partial charge in [-0.15, -0.1) is 0 Å². The molecule has 39 heteroatoms. The molecule has 0 spiro atoms. The van der Waals surface area contributed by atoms with Crippen LogP contribution in [0.5, 0.6) is 0 Å². The lowest BCUT2D eigenvalue weighted by atomic mass is 9.89. The Balaban J connectivity index is 0.856. The third-order valence-electron chi connectivity index (χ3n) is 12.9. The molecule has 4 saturated heterocycles. The van der Waals surface area contributed by atoms with Crippen molar-refractivity contribution in [2.24, 2.45) is 5.41 Å². The second-order valence-corrected chi connectivity index (χ2v) is 27.2. The summed E-state index contributed by atoms with van der Waals surface area (Å²) in [5.74, 6) is -1.17. The number of carbonyl (C=O) groups excluding carboxylic acids is 1. The number of aromatic nitrogens is 12. The maximum Gasteiger partial charge on any atom is 0.472 e. The van der Waals surface area contributed by atoms with Gasteiger partial charge in [-0.1, -0.05) is 0 Å². The van der Waals surface area contributed by atoms with Crippen LogP contribution in [0.4, 0.5) is 17.5 Å². The van der Waals surface area contributed by atoms with Gasteiger partial charge in [-0.05, 0) is 45.4 Å². The van der Waals surface area contributed by atoms with Crippen molar-refractivity contribution in [2.75, 3.05) is 49.6 Å². The molecule has 4 aliphatic heterocycles. The highest BCUT2D eigenvalue weighted by Crippen LogP contribution is 2.58. The van der Waals surface area contributed by atoms with Crippen LogP contribution in [-0.4, -0.2) is 181 Å². The topological polar surface area (TPSA) is 474 Å². The number of nitrogens with two attached hydrogens (primary N) is 3. The van der Waals surface area contributed by atoms with Gasteiger partial charge in [0.1, 0.15) is 95.9 Å². The van der Waals surface area contributed by atoms with Crippen molar-refractivity contribution in [3.8, 4) is 0 Å². The highest BCUT2D eigenvalue weighted by Gasteiger charge is 2.59. The number of esters is 1. The molecular weight excluding hydrogens is 1140 g/mol. The minimum atomic E-state index is -5.31. The zero-order chi connectivity index (χ0) is 55.7. The molecule has 6 aromatic heterocycles. The first-order valence-corrected chi connectivity index (χ1v) is 30.7. The lowest BCUT2D eigenvalue weighted by molar-refractivity contribution is -0.165. The van der Waals surface area contributed by atoms with Crippen molar-refractivity contribution >= 4 is 101 Å². The van der Waals surface area contributed by atoms with Gasteiger partial charge in [-0.2, -0.15) is 0 Å². The summed E-state index contributed by atoms with van der Waals surface area (Å²) in [6.07, 6.45) is -9.14. The lowest BCUT2D eigenvalue weighted by Gasteiger charge is -2.38. The predicted octanol–water partition coefficient (Wildman–Crippen LogP) is 0.0946. The summed E-state index contributed by atoms with van der Waals surface area (Å²) in [6, 6.07) is 0. The van der Waals surface area contributed by atoms with Gasteiger partial charge >= 0.3 is 27.3 Å². The van der Waals surface area contributed by atoms with E-state index in [-0.39, 0.29) is 64.0 Å². The average molecular weight is 1190 g/mol. The van der Waals surface area contributed by atoms with E-state index in [4.69, 9.17) is 75.3 Å². The first-order chi connectivity index (χ1) is 36.9. The van der Waals surface area contributed by atoms with Crippen LogP contribution < -0.4 is 17.2 Å². The fraction of sp³-hybridized carbons (Fsp3) is 0.590. The normalized spacial score (nSPS) is 30.9. The molecule has 15 atom stereocenters.